The van der Waals surface area contributed by atoms with E-state index in [1.165, 1.54) is 37.4 Å². The molecule has 1 aliphatic heterocycles. The van der Waals surface area contributed by atoms with Crippen LogP contribution in [0.25, 0.3) is 6.08 Å². The maximum Gasteiger partial charge on any atom is 0.270 e. The first-order chi connectivity index (χ1) is 11.9. The Balaban J connectivity index is 1.99. The average molecular weight is 396 g/mol. The number of nitrogens with zero attached hydrogens (tertiary/aromatic N) is 1. The molecule has 1 fully saturated rings. The molecule has 1 aliphatic rings. The second-order valence-electron chi connectivity index (χ2n) is 5.02. The maximum absolute atomic E-state index is 14.0. The average Bonchev–Trinajstić information content (AvgIpc) is 2.85. The van der Waals surface area contributed by atoms with E-state index in [4.69, 9.17) is 28.6 Å². The van der Waals surface area contributed by atoms with Gasteiger partial charge in [0.15, 0.2) is 15.8 Å². The van der Waals surface area contributed by atoms with Crippen molar-refractivity contribution in [2.24, 2.45) is 0 Å². The Bertz CT molecular complexity index is 917. The normalized spacial score (nSPS) is 16.0. The van der Waals surface area contributed by atoms with E-state index >= 15 is 0 Å². The molecule has 1 amide bonds. The van der Waals surface area contributed by atoms with Gasteiger partial charge in [0.1, 0.15) is 5.82 Å². The van der Waals surface area contributed by atoms with E-state index in [1.807, 2.05) is 0 Å². The Morgan fingerprint density at radius 1 is 1.36 bits per heavy atom. The van der Waals surface area contributed by atoms with Crippen LogP contribution in [0.4, 0.5) is 10.1 Å². The number of hydrogen-bond acceptors (Lipinski definition) is 5. The summed E-state index contributed by atoms with van der Waals surface area (Å²) in [6.45, 7) is 0. The topological polar surface area (TPSA) is 49.8 Å². The predicted octanol–water partition coefficient (Wildman–Crippen LogP) is 4.60. The molecule has 4 nitrogen and oxygen atoms in total. The number of phenols is 1. The number of thioether (sulfide) groups is 1. The van der Waals surface area contributed by atoms with Crippen molar-refractivity contribution in [2.45, 2.75) is 0 Å². The van der Waals surface area contributed by atoms with E-state index in [9.17, 15) is 14.3 Å². The zero-order valence-electron chi connectivity index (χ0n) is 12.8. The minimum absolute atomic E-state index is 0.0928. The number of anilines is 1. The van der Waals surface area contributed by atoms with Gasteiger partial charge >= 0.3 is 0 Å². The van der Waals surface area contributed by atoms with E-state index in [-0.39, 0.29) is 26.5 Å². The highest BCUT2D eigenvalue weighted by Crippen LogP contribution is 2.39. The third kappa shape index (κ3) is 3.35. The molecule has 8 heteroatoms. The molecule has 128 valence electrons. The monoisotopic (exact) mass is 395 g/mol. The van der Waals surface area contributed by atoms with Gasteiger partial charge in [-0.2, -0.15) is 0 Å². The maximum atomic E-state index is 14.0. The van der Waals surface area contributed by atoms with Gasteiger partial charge in [-0.15, -0.1) is 0 Å². The third-order valence-corrected chi connectivity index (χ3v) is 5.05. The number of carbonyl (C=O) groups is 1. The van der Waals surface area contributed by atoms with Crippen molar-refractivity contribution in [1.29, 1.82) is 0 Å². The Kier molecular flexibility index (Phi) is 4.99. The van der Waals surface area contributed by atoms with Crippen molar-refractivity contribution in [3.8, 4) is 11.5 Å². The standard InChI is InChI=1S/C17H11ClFNO3S2/c1-23-13-7-9(6-10(18)15(13)21)8-14-16(22)20(17(24)25-14)12-5-3-2-4-11(12)19/h2-8,21H,1H3/b14-8+. The summed E-state index contributed by atoms with van der Waals surface area (Å²) < 4.78 is 19.3. The number of benzene rings is 2. The molecule has 0 aromatic heterocycles. The van der Waals surface area contributed by atoms with E-state index < -0.39 is 11.7 Å². The number of carbonyl (C=O) groups excluding carboxylic acids is 1. The fourth-order valence-electron chi connectivity index (χ4n) is 2.29. The van der Waals surface area contributed by atoms with Crippen molar-refractivity contribution >= 4 is 57.6 Å². The molecule has 0 bridgehead atoms. The first-order valence-electron chi connectivity index (χ1n) is 7.01. The molecule has 2 aromatic rings. The summed E-state index contributed by atoms with van der Waals surface area (Å²) in [5, 5.41) is 9.87. The van der Waals surface area contributed by atoms with Gasteiger partial charge in [-0.3, -0.25) is 9.69 Å². The van der Waals surface area contributed by atoms with Crippen molar-refractivity contribution in [3.63, 3.8) is 0 Å². The van der Waals surface area contributed by atoms with Crippen LogP contribution in [0.1, 0.15) is 5.56 Å². The molecule has 0 saturated carbocycles. The van der Waals surface area contributed by atoms with Gasteiger partial charge in [0.2, 0.25) is 0 Å². The smallest absolute Gasteiger partial charge is 0.270 e. The van der Waals surface area contributed by atoms with Gasteiger partial charge in [0.05, 0.1) is 22.7 Å². The number of rotatable bonds is 3. The number of amides is 1. The van der Waals surface area contributed by atoms with Gasteiger partial charge in [-0.25, -0.2) is 4.39 Å². The highest BCUT2D eigenvalue weighted by Gasteiger charge is 2.34. The molecule has 1 N–H and O–H groups in total. The van der Waals surface area contributed by atoms with Crippen molar-refractivity contribution in [2.75, 3.05) is 12.0 Å². The van der Waals surface area contributed by atoms with Crippen LogP contribution in [0.2, 0.25) is 5.02 Å². The summed E-state index contributed by atoms with van der Waals surface area (Å²) in [4.78, 5) is 14.1. The summed E-state index contributed by atoms with van der Waals surface area (Å²) in [5.41, 5.74) is 0.656. The highest BCUT2D eigenvalue weighted by molar-refractivity contribution is 8.27. The second kappa shape index (κ2) is 7.03. The molecule has 0 radical (unpaired) electrons. The van der Waals surface area contributed by atoms with Crippen LogP contribution in [-0.2, 0) is 4.79 Å². The lowest BCUT2D eigenvalue weighted by Gasteiger charge is -2.14. The molecule has 1 heterocycles. The summed E-state index contributed by atoms with van der Waals surface area (Å²) in [5.74, 6) is -0.957. The number of aromatic hydroxyl groups is 1. The number of ether oxygens (including phenoxy) is 1. The van der Waals surface area contributed by atoms with Crippen molar-refractivity contribution in [3.05, 3.63) is 57.7 Å². The lowest BCUT2D eigenvalue weighted by atomic mass is 10.1. The third-order valence-electron chi connectivity index (χ3n) is 3.46. The summed E-state index contributed by atoms with van der Waals surface area (Å²) in [6.07, 6.45) is 1.56. The number of hydrogen-bond donors (Lipinski definition) is 1. The fourth-order valence-corrected chi connectivity index (χ4v) is 3.80. The van der Waals surface area contributed by atoms with Gasteiger partial charge in [-0.1, -0.05) is 47.7 Å². The zero-order valence-corrected chi connectivity index (χ0v) is 15.2. The SMILES string of the molecule is COc1cc(/C=C2/SC(=S)N(c3ccccc3F)C2=O)cc(Cl)c1O. The molecule has 2 aromatic carbocycles. The number of methoxy groups -OCH3 is 1. The molecule has 0 spiro atoms. The van der Waals surface area contributed by atoms with E-state index in [2.05, 4.69) is 0 Å². The Morgan fingerprint density at radius 3 is 2.76 bits per heavy atom. The number of halogens is 2. The molecule has 3 rings (SSSR count). The summed E-state index contributed by atoms with van der Waals surface area (Å²) in [6, 6.07) is 8.96. The molecule has 0 atom stereocenters. The fraction of sp³-hybridized carbons (Fsp3) is 0.0588. The van der Waals surface area contributed by atoms with Gasteiger partial charge < -0.3 is 9.84 Å². The Labute approximate surface area is 157 Å². The van der Waals surface area contributed by atoms with Crippen LogP contribution in [0, 0.1) is 5.82 Å². The lowest BCUT2D eigenvalue weighted by molar-refractivity contribution is -0.113. The summed E-state index contributed by atoms with van der Waals surface area (Å²) >= 11 is 12.2. The molecular weight excluding hydrogens is 385 g/mol. The number of thiocarbonyl (C=S) groups is 1. The largest absolute Gasteiger partial charge is 0.503 e. The quantitative estimate of drug-likeness (QED) is 0.608. The zero-order chi connectivity index (χ0) is 18.1. The molecule has 25 heavy (non-hydrogen) atoms. The van der Waals surface area contributed by atoms with Gasteiger partial charge in [0.25, 0.3) is 5.91 Å². The molecular formula is C17H11ClFNO3S2. The van der Waals surface area contributed by atoms with Crippen molar-refractivity contribution < 1.29 is 19.0 Å². The van der Waals surface area contributed by atoms with Gasteiger partial charge in [0, 0.05) is 0 Å². The van der Waals surface area contributed by atoms with E-state index in [0.717, 1.165) is 16.7 Å². The van der Waals surface area contributed by atoms with Crippen LogP contribution < -0.4 is 9.64 Å². The van der Waals surface area contributed by atoms with Crippen LogP contribution >= 0.6 is 35.6 Å². The van der Waals surface area contributed by atoms with E-state index in [1.54, 1.807) is 12.1 Å². The molecule has 0 unspecified atom stereocenters. The first kappa shape index (κ1) is 17.7. The second-order valence-corrected chi connectivity index (χ2v) is 7.11. The van der Waals surface area contributed by atoms with Gasteiger partial charge in [-0.05, 0) is 35.9 Å². The minimum atomic E-state index is -0.533. The number of para-hydroxylation sites is 1. The van der Waals surface area contributed by atoms with Crippen LogP contribution in [0.5, 0.6) is 11.5 Å². The predicted molar refractivity (Wildman–Crippen MR) is 102 cm³/mol. The first-order valence-corrected chi connectivity index (χ1v) is 8.61. The van der Waals surface area contributed by atoms with Crippen LogP contribution in [0.3, 0.4) is 0 Å². The highest BCUT2D eigenvalue weighted by atomic mass is 35.5. The van der Waals surface area contributed by atoms with E-state index in [0.29, 0.717) is 10.5 Å². The lowest BCUT2D eigenvalue weighted by Crippen LogP contribution is -2.28. The minimum Gasteiger partial charge on any atom is -0.503 e. The number of phenolic OH excluding ortho intramolecular Hbond substituents is 1. The van der Waals surface area contributed by atoms with Crippen molar-refractivity contribution in [1.82, 2.24) is 0 Å². The molecule has 0 aliphatic carbocycles. The summed E-state index contributed by atoms with van der Waals surface area (Å²) in [7, 11) is 1.40. The Hall–Kier alpha value is -2.09. The molecule has 1 saturated heterocycles. The van der Waals surface area contributed by atoms with Crippen LogP contribution in [-0.4, -0.2) is 22.4 Å². The Morgan fingerprint density at radius 2 is 2.08 bits per heavy atom. The van der Waals surface area contributed by atoms with Crippen LogP contribution in [0.15, 0.2) is 41.3 Å².